The molecule has 1 aliphatic carbocycles. The maximum absolute atomic E-state index is 12.5. The van der Waals surface area contributed by atoms with E-state index in [-0.39, 0.29) is 5.91 Å². The Morgan fingerprint density at radius 2 is 1.70 bits per heavy atom. The zero-order valence-corrected chi connectivity index (χ0v) is 14.0. The van der Waals surface area contributed by atoms with E-state index in [2.05, 4.69) is 43.2 Å². The minimum Gasteiger partial charge on any atom is -0.354 e. The Balaban J connectivity index is 1.88. The summed E-state index contributed by atoms with van der Waals surface area (Å²) in [6.45, 7) is 17.9. The molecule has 0 unspecified atom stereocenters. The van der Waals surface area contributed by atoms with Crippen LogP contribution in [0.3, 0.4) is 0 Å². The largest absolute Gasteiger partial charge is 0.354 e. The lowest BCUT2D eigenvalue weighted by molar-refractivity contribution is -0.132. The standard InChI is InChI=1S/C16H31N3O/c1-14(2)12(15(14,3)4)11-18-13(20)16(5,6)19-9-7-17-8-10-19/h12,17H,7-11H2,1-6H3,(H,18,20). The van der Waals surface area contributed by atoms with Crippen LogP contribution in [0, 0.1) is 16.7 Å². The third kappa shape index (κ3) is 2.48. The van der Waals surface area contributed by atoms with E-state index in [9.17, 15) is 4.79 Å². The van der Waals surface area contributed by atoms with Gasteiger partial charge in [-0.1, -0.05) is 27.7 Å². The molecule has 2 fully saturated rings. The summed E-state index contributed by atoms with van der Waals surface area (Å²) in [5.41, 5.74) is 0.254. The van der Waals surface area contributed by atoms with Gasteiger partial charge in [-0.25, -0.2) is 0 Å². The van der Waals surface area contributed by atoms with Crippen molar-refractivity contribution < 1.29 is 4.79 Å². The molecule has 0 aromatic rings. The Labute approximate surface area is 123 Å². The molecule has 1 aliphatic heterocycles. The van der Waals surface area contributed by atoms with Crippen LogP contribution in [0.4, 0.5) is 0 Å². The van der Waals surface area contributed by atoms with Crippen molar-refractivity contribution in [3.63, 3.8) is 0 Å². The molecular weight excluding hydrogens is 250 g/mol. The highest BCUT2D eigenvalue weighted by molar-refractivity contribution is 5.85. The minimum absolute atomic E-state index is 0.165. The van der Waals surface area contributed by atoms with E-state index < -0.39 is 5.54 Å². The molecule has 0 aromatic carbocycles. The van der Waals surface area contributed by atoms with E-state index in [4.69, 9.17) is 0 Å². The molecule has 0 radical (unpaired) electrons. The number of piperazine rings is 1. The van der Waals surface area contributed by atoms with Crippen LogP contribution in [0.5, 0.6) is 0 Å². The minimum atomic E-state index is -0.411. The number of rotatable bonds is 4. The quantitative estimate of drug-likeness (QED) is 0.820. The molecule has 0 bridgehead atoms. The highest BCUT2D eigenvalue weighted by atomic mass is 16.2. The second-order valence-corrected chi connectivity index (χ2v) is 8.00. The van der Waals surface area contributed by atoms with Gasteiger partial charge in [-0.05, 0) is 30.6 Å². The molecule has 2 N–H and O–H groups in total. The van der Waals surface area contributed by atoms with Crippen molar-refractivity contribution in [2.75, 3.05) is 32.7 Å². The second-order valence-electron chi connectivity index (χ2n) is 8.00. The maximum Gasteiger partial charge on any atom is 0.239 e. The molecule has 2 aliphatic rings. The summed E-state index contributed by atoms with van der Waals surface area (Å²) in [6.07, 6.45) is 0. The smallest absolute Gasteiger partial charge is 0.239 e. The first kappa shape index (κ1) is 15.8. The number of nitrogens with one attached hydrogen (secondary N) is 2. The number of amides is 1. The first-order valence-electron chi connectivity index (χ1n) is 7.86. The SMILES string of the molecule is CC(C)(C(=O)NCC1C(C)(C)C1(C)C)N1CCNCC1. The Bertz CT molecular complexity index is 367. The van der Waals surface area contributed by atoms with Gasteiger partial charge >= 0.3 is 0 Å². The Morgan fingerprint density at radius 3 is 2.15 bits per heavy atom. The number of hydrogen-bond donors (Lipinski definition) is 2. The average molecular weight is 281 g/mol. The third-order valence-electron chi connectivity index (χ3n) is 6.25. The zero-order chi connectivity index (χ0) is 15.2. The molecule has 1 amide bonds. The summed E-state index contributed by atoms with van der Waals surface area (Å²) in [4.78, 5) is 14.8. The molecule has 0 aromatic heterocycles. The fourth-order valence-corrected chi connectivity index (χ4v) is 3.62. The van der Waals surface area contributed by atoms with Crippen molar-refractivity contribution in [3.8, 4) is 0 Å². The van der Waals surface area contributed by atoms with Gasteiger partial charge in [-0.3, -0.25) is 9.69 Å². The van der Waals surface area contributed by atoms with E-state index in [1.54, 1.807) is 0 Å². The van der Waals surface area contributed by atoms with E-state index >= 15 is 0 Å². The maximum atomic E-state index is 12.5. The van der Waals surface area contributed by atoms with E-state index in [1.807, 2.05) is 13.8 Å². The molecule has 20 heavy (non-hydrogen) atoms. The summed E-state index contributed by atoms with van der Waals surface area (Å²) < 4.78 is 0. The van der Waals surface area contributed by atoms with Crippen LogP contribution in [0.25, 0.3) is 0 Å². The van der Waals surface area contributed by atoms with Gasteiger partial charge in [0.05, 0.1) is 5.54 Å². The van der Waals surface area contributed by atoms with E-state index in [0.29, 0.717) is 16.7 Å². The predicted octanol–water partition coefficient (Wildman–Crippen LogP) is 1.47. The number of hydrogen-bond acceptors (Lipinski definition) is 3. The monoisotopic (exact) mass is 281 g/mol. The molecule has 116 valence electrons. The predicted molar refractivity (Wildman–Crippen MR) is 82.6 cm³/mol. The second kappa shape index (κ2) is 4.99. The highest BCUT2D eigenvalue weighted by Crippen LogP contribution is 2.67. The van der Waals surface area contributed by atoms with Gasteiger partial charge in [0, 0.05) is 32.7 Å². The summed E-state index contributed by atoms with van der Waals surface area (Å²) in [7, 11) is 0. The van der Waals surface area contributed by atoms with Gasteiger partial charge in [0.25, 0.3) is 0 Å². The molecular formula is C16H31N3O. The van der Waals surface area contributed by atoms with Gasteiger partial charge in [-0.2, -0.15) is 0 Å². The van der Waals surface area contributed by atoms with Crippen LogP contribution in [0.1, 0.15) is 41.5 Å². The lowest BCUT2D eigenvalue weighted by Gasteiger charge is -2.39. The van der Waals surface area contributed by atoms with Gasteiger partial charge in [-0.15, -0.1) is 0 Å². The van der Waals surface area contributed by atoms with Crippen LogP contribution in [-0.2, 0) is 4.79 Å². The van der Waals surface area contributed by atoms with Gasteiger partial charge < -0.3 is 10.6 Å². The molecule has 0 spiro atoms. The molecule has 1 saturated carbocycles. The summed E-state index contributed by atoms with van der Waals surface area (Å²) in [6, 6.07) is 0. The van der Waals surface area contributed by atoms with Crippen molar-refractivity contribution in [1.82, 2.24) is 15.5 Å². The van der Waals surface area contributed by atoms with Crippen LogP contribution in [-0.4, -0.2) is 49.1 Å². The zero-order valence-electron chi connectivity index (χ0n) is 14.0. The van der Waals surface area contributed by atoms with Crippen molar-refractivity contribution in [3.05, 3.63) is 0 Å². The molecule has 1 saturated heterocycles. The molecule has 2 rings (SSSR count). The molecule has 1 heterocycles. The number of nitrogens with zero attached hydrogens (tertiary/aromatic N) is 1. The van der Waals surface area contributed by atoms with Crippen LogP contribution in [0.15, 0.2) is 0 Å². The molecule has 4 nitrogen and oxygen atoms in total. The fraction of sp³-hybridized carbons (Fsp3) is 0.938. The van der Waals surface area contributed by atoms with Gasteiger partial charge in [0.2, 0.25) is 5.91 Å². The highest BCUT2D eigenvalue weighted by Gasteiger charge is 2.64. The third-order valence-corrected chi connectivity index (χ3v) is 6.25. The lowest BCUT2D eigenvalue weighted by atomic mass is 10.00. The fourth-order valence-electron chi connectivity index (χ4n) is 3.62. The number of carbonyl (C=O) groups excluding carboxylic acids is 1. The first-order chi connectivity index (χ1) is 9.12. The van der Waals surface area contributed by atoms with Crippen molar-refractivity contribution in [2.45, 2.75) is 47.1 Å². The van der Waals surface area contributed by atoms with Crippen LogP contribution in [0.2, 0.25) is 0 Å². The number of carbonyl (C=O) groups is 1. The van der Waals surface area contributed by atoms with Crippen molar-refractivity contribution in [1.29, 1.82) is 0 Å². The van der Waals surface area contributed by atoms with Gasteiger partial charge in [0.15, 0.2) is 0 Å². The lowest BCUT2D eigenvalue weighted by Crippen LogP contribution is -2.60. The topological polar surface area (TPSA) is 44.4 Å². The molecule has 0 atom stereocenters. The average Bonchev–Trinajstić information content (AvgIpc) is 2.77. The van der Waals surface area contributed by atoms with Crippen LogP contribution < -0.4 is 10.6 Å². The Hall–Kier alpha value is -0.610. The first-order valence-corrected chi connectivity index (χ1v) is 7.86. The summed E-state index contributed by atoms with van der Waals surface area (Å²) in [5, 5.41) is 6.53. The van der Waals surface area contributed by atoms with Crippen LogP contribution >= 0.6 is 0 Å². The van der Waals surface area contributed by atoms with Crippen molar-refractivity contribution >= 4 is 5.91 Å². The molecule has 4 heteroatoms. The summed E-state index contributed by atoms with van der Waals surface area (Å²) >= 11 is 0. The van der Waals surface area contributed by atoms with Gasteiger partial charge in [0.1, 0.15) is 0 Å². The normalized spacial score (nSPS) is 26.3. The van der Waals surface area contributed by atoms with E-state index in [0.717, 1.165) is 32.7 Å². The Morgan fingerprint density at radius 1 is 1.20 bits per heavy atom. The Kier molecular flexibility index (Phi) is 3.93. The van der Waals surface area contributed by atoms with Crippen molar-refractivity contribution in [2.24, 2.45) is 16.7 Å². The van der Waals surface area contributed by atoms with E-state index in [1.165, 1.54) is 0 Å². The summed E-state index contributed by atoms with van der Waals surface area (Å²) in [5.74, 6) is 0.746.